The molecule has 3 heteroatoms. The monoisotopic (exact) mass is 401 g/mol. The molecule has 1 N–H and O–H groups in total. The Hall–Kier alpha value is -2.81. The van der Waals surface area contributed by atoms with Crippen LogP contribution in [0.4, 0.5) is 0 Å². The number of hydrogen-bond donors (Lipinski definition) is 1. The Morgan fingerprint density at radius 3 is 2.30 bits per heavy atom. The first kappa shape index (κ1) is 20.5. The normalized spacial score (nSPS) is 15.0. The van der Waals surface area contributed by atoms with Gasteiger partial charge in [0.15, 0.2) is 0 Å². The summed E-state index contributed by atoms with van der Waals surface area (Å²) in [5.74, 6) is -0.767. The van der Waals surface area contributed by atoms with Gasteiger partial charge < -0.3 is 9.67 Å². The van der Waals surface area contributed by atoms with Crippen molar-refractivity contribution in [3.63, 3.8) is 0 Å². The van der Waals surface area contributed by atoms with Gasteiger partial charge in [-0.1, -0.05) is 68.4 Å². The van der Waals surface area contributed by atoms with Crippen molar-refractivity contribution >= 4 is 5.97 Å². The van der Waals surface area contributed by atoms with E-state index in [1.807, 2.05) is 0 Å². The van der Waals surface area contributed by atoms with Gasteiger partial charge in [-0.25, -0.2) is 0 Å². The third-order valence-corrected chi connectivity index (χ3v) is 6.59. The summed E-state index contributed by atoms with van der Waals surface area (Å²) in [5.41, 5.74) is 9.33. The molecule has 4 rings (SSSR count). The molecule has 3 aromatic rings. The first-order valence-corrected chi connectivity index (χ1v) is 10.9. The zero-order chi connectivity index (χ0) is 21.3. The Balaban J connectivity index is 1.74. The topological polar surface area (TPSA) is 42.2 Å². The molecule has 2 aromatic carbocycles. The van der Waals surface area contributed by atoms with Crippen molar-refractivity contribution in [2.75, 3.05) is 0 Å². The van der Waals surface area contributed by atoms with Crippen molar-refractivity contribution in [1.82, 2.24) is 4.57 Å². The zero-order valence-electron chi connectivity index (χ0n) is 18.2. The van der Waals surface area contributed by atoms with E-state index in [4.69, 9.17) is 0 Å². The lowest BCUT2D eigenvalue weighted by Gasteiger charge is -2.31. The van der Waals surface area contributed by atoms with E-state index in [0.717, 1.165) is 37.8 Å². The van der Waals surface area contributed by atoms with Crippen molar-refractivity contribution in [1.29, 1.82) is 0 Å². The third kappa shape index (κ3) is 4.21. The van der Waals surface area contributed by atoms with Gasteiger partial charge >= 0.3 is 5.97 Å². The lowest BCUT2D eigenvalue weighted by atomic mass is 9.75. The van der Waals surface area contributed by atoms with Crippen LogP contribution in [0.3, 0.4) is 0 Å². The second-order valence-electron chi connectivity index (χ2n) is 9.42. The van der Waals surface area contributed by atoms with Gasteiger partial charge in [0, 0.05) is 11.4 Å². The van der Waals surface area contributed by atoms with Crippen LogP contribution >= 0.6 is 0 Å². The van der Waals surface area contributed by atoms with E-state index in [1.165, 1.54) is 33.5 Å². The summed E-state index contributed by atoms with van der Waals surface area (Å²) < 4.78 is 2.06. The highest BCUT2D eigenvalue weighted by Gasteiger charge is 2.32. The predicted molar refractivity (Wildman–Crippen MR) is 121 cm³/mol. The molecule has 3 nitrogen and oxygen atoms in total. The number of rotatable bonds is 6. The van der Waals surface area contributed by atoms with Crippen LogP contribution < -0.4 is 0 Å². The van der Waals surface area contributed by atoms with Gasteiger partial charge in [-0.05, 0) is 72.3 Å². The highest BCUT2D eigenvalue weighted by Crippen LogP contribution is 2.39. The van der Waals surface area contributed by atoms with Crippen LogP contribution in [0.1, 0.15) is 59.5 Å². The Morgan fingerprint density at radius 2 is 1.63 bits per heavy atom. The number of carbonyl (C=O) groups is 1. The number of carboxylic acid groups (broad SMARTS) is 1. The van der Waals surface area contributed by atoms with Gasteiger partial charge in [-0.3, -0.25) is 4.79 Å². The van der Waals surface area contributed by atoms with E-state index >= 15 is 0 Å². The van der Waals surface area contributed by atoms with E-state index in [1.54, 1.807) is 0 Å². The highest BCUT2D eigenvalue weighted by molar-refractivity contribution is 5.67. The van der Waals surface area contributed by atoms with Gasteiger partial charge in [-0.2, -0.15) is 0 Å². The van der Waals surface area contributed by atoms with E-state index in [9.17, 15) is 9.90 Å². The standard InChI is InChI=1S/C27H31NO2/c1-19-23(24-17-27(2,3)14-13-25(24)28(19)18-26(29)30)16-22-12-8-7-11-21(22)15-20-9-5-4-6-10-20/h4-12H,13-18H2,1-3H3,(H,29,30). The van der Waals surface area contributed by atoms with Gasteiger partial charge in [0.05, 0.1) is 0 Å². The van der Waals surface area contributed by atoms with E-state index < -0.39 is 5.97 Å². The highest BCUT2D eigenvalue weighted by atomic mass is 16.4. The molecule has 0 fully saturated rings. The van der Waals surface area contributed by atoms with Gasteiger partial charge in [0.2, 0.25) is 0 Å². The van der Waals surface area contributed by atoms with Gasteiger partial charge in [-0.15, -0.1) is 0 Å². The SMILES string of the molecule is Cc1c(Cc2ccccc2Cc2ccccc2)c2c(n1CC(=O)O)CCC(C)(C)C2. The molecule has 0 aliphatic heterocycles. The summed E-state index contributed by atoms with van der Waals surface area (Å²) in [5, 5.41) is 9.48. The van der Waals surface area contributed by atoms with Crippen molar-refractivity contribution in [2.24, 2.45) is 5.41 Å². The summed E-state index contributed by atoms with van der Waals surface area (Å²) in [4.78, 5) is 11.5. The molecule has 1 aromatic heterocycles. The minimum absolute atomic E-state index is 0.0558. The zero-order valence-corrected chi connectivity index (χ0v) is 18.2. The summed E-state index contributed by atoms with van der Waals surface area (Å²) in [6.45, 7) is 6.81. The summed E-state index contributed by atoms with van der Waals surface area (Å²) >= 11 is 0. The molecule has 0 bridgehead atoms. The Labute approximate surface area is 179 Å². The quantitative estimate of drug-likeness (QED) is 0.586. The Morgan fingerprint density at radius 1 is 1.00 bits per heavy atom. The number of fused-ring (bicyclic) bond motifs is 1. The average Bonchev–Trinajstić information content (AvgIpc) is 2.94. The first-order valence-electron chi connectivity index (χ1n) is 10.9. The van der Waals surface area contributed by atoms with Crippen LogP contribution in [0.5, 0.6) is 0 Å². The molecular weight excluding hydrogens is 370 g/mol. The van der Waals surface area contributed by atoms with Crippen LogP contribution in [-0.4, -0.2) is 15.6 Å². The number of hydrogen-bond acceptors (Lipinski definition) is 1. The van der Waals surface area contributed by atoms with Gasteiger partial charge in [0.25, 0.3) is 0 Å². The van der Waals surface area contributed by atoms with Crippen molar-refractivity contribution in [3.8, 4) is 0 Å². The van der Waals surface area contributed by atoms with Crippen LogP contribution in [0, 0.1) is 12.3 Å². The lowest BCUT2D eigenvalue weighted by molar-refractivity contribution is -0.137. The van der Waals surface area contributed by atoms with E-state index in [2.05, 4.69) is 79.9 Å². The lowest BCUT2D eigenvalue weighted by Crippen LogP contribution is -2.24. The van der Waals surface area contributed by atoms with E-state index in [0.29, 0.717) is 0 Å². The molecule has 0 saturated heterocycles. The minimum atomic E-state index is -0.767. The maximum atomic E-state index is 11.5. The second kappa shape index (κ2) is 8.14. The molecule has 0 unspecified atom stereocenters. The summed E-state index contributed by atoms with van der Waals surface area (Å²) in [6, 6.07) is 19.3. The fourth-order valence-electron chi connectivity index (χ4n) is 4.93. The third-order valence-electron chi connectivity index (χ3n) is 6.59. The molecule has 0 radical (unpaired) electrons. The van der Waals surface area contributed by atoms with Gasteiger partial charge in [0.1, 0.15) is 6.54 Å². The maximum Gasteiger partial charge on any atom is 0.323 e. The fraction of sp³-hybridized carbons (Fsp3) is 0.370. The van der Waals surface area contributed by atoms with E-state index in [-0.39, 0.29) is 12.0 Å². The molecule has 156 valence electrons. The molecule has 0 spiro atoms. The first-order chi connectivity index (χ1) is 14.3. The van der Waals surface area contributed by atoms with Crippen LogP contribution in [0.2, 0.25) is 0 Å². The smallest absolute Gasteiger partial charge is 0.323 e. The number of carboxylic acids is 1. The molecular formula is C27H31NO2. The number of benzene rings is 2. The van der Waals surface area contributed by atoms with Crippen LogP contribution in [0.15, 0.2) is 54.6 Å². The molecule has 1 aliphatic carbocycles. The van der Waals surface area contributed by atoms with Crippen molar-refractivity contribution in [2.45, 2.75) is 59.4 Å². The van der Waals surface area contributed by atoms with Crippen LogP contribution in [0.25, 0.3) is 0 Å². The Bertz CT molecular complexity index is 1060. The predicted octanol–water partition coefficient (Wildman–Crippen LogP) is 5.58. The van der Waals surface area contributed by atoms with Crippen molar-refractivity contribution in [3.05, 3.63) is 93.8 Å². The van der Waals surface area contributed by atoms with Crippen molar-refractivity contribution < 1.29 is 9.90 Å². The molecule has 0 atom stereocenters. The summed E-state index contributed by atoms with van der Waals surface area (Å²) in [7, 11) is 0. The maximum absolute atomic E-state index is 11.5. The van der Waals surface area contributed by atoms with Crippen LogP contribution in [-0.2, 0) is 37.0 Å². The molecule has 0 amide bonds. The molecule has 1 aliphatic rings. The molecule has 1 heterocycles. The molecule has 30 heavy (non-hydrogen) atoms. The number of nitrogens with zero attached hydrogens (tertiary/aromatic N) is 1. The molecule has 0 saturated carbocycles. The number of aliphatic carboxylic acids is 1. The largest absolute Gasteiger partial charge is 0.480 e. The average molecular weight is 402 g/mol. The number of aromatic nitrogens is 1. The minimum Gasteiger partial charge on any atom is -0.480 e. The summed E-state index contributed by atoms with van der Waals surface area (Å²) in [6.07, 6.45) is 4.86. The fourth-order valence-corrected chi connectivity index (χ4v) is 4.93. The second-order valence-corrected chi connectivity index (χ2v) is 9.42. The Kier molecular flexibility index (Phi) is 5.55.